The summed E-state index contributed by atoms with van der Waals surface area (Å²) in [6.07, 6.45) is 0. The Bertz CT molecular complexity index is 617. The summed E-state index contributed by atoms with van der Waals surface area (Å²) in [7, 11) is -1.10. The van der Waals surface area contributed by atoms with E-state index in [9.17, 15) is 13.2 Å². The van der Waals surface area contributed by atoms with Gasteiger partial charge in [-0.1, -0.05) is 26.0 Å². The van der Waals surface area contributed by atoms with E-state index in [1.165, 1.54) is 30.6 Å². The summed E-state index contributed by atoms with van der Waals surface area (Å²) in [5.41, 5.74) is 5.31. The second-order valence-electron chi connectivity index (χ2n) is 5.62. The SMILES string of the molecule is COC(=O)c1ccccc1S(=O)(=O)N(C)CC(C)(C)CN.Cl. The predicted octanol–water partition coefficient (Wildman–Crippen LogP) is 1.50. The van der Waals surface area contributed by atoms with Crippen molar-refractivity contribution >= 4 is 28.4 Å². The Morgan fingerprint density at radius 2 is 1.86 bits per heavy atom. The van der Waals surface area contributed by atoms with Crippen LogP contribution in [0.1, 0.15) is 24.2 Å². The number of rotatable bonds is 6. The molecule has 0 saturated heterocycles. The third-order valence-electron chi connectivity index (χ3n) is 3.18. The van der Waals surface area contributed by atoms with Gasteiger partial charge in [-0.3, -0.25) is 0 Å². The van der Waals surface area contributed by atoms with E-state index in [4.69, 9.17) is 5.73 Å². The molecule has 2 N–H and O–H groups in total. The van der Waals surface area contributed by atoms with Gasteiger partial charge in [0.2, 0.25) is 10.0 Å². The molecule has 0 atom stereocenters. The molecule has 0 aliphatic carbocycles. The molecule has 0 fully saturated rings. The second-order valence-corrected chi connectivity index (χ2v) is 7.63. The van der Waals surface area contributed by atoms with Crippen LogP contribution in [0.15, 0.2) is 29.2 Å². The molecule has 0 bridgehead atoms. The number of benzene rings is 1. The summed E-state index contributed by atoms with van der Waals surface area (Å²) in [6.45, 7) is 4.36. The van der Waals surface area contributed by atoms with Crippen molar-refractivity contribution in [2.24, 2.45) is 11.1 Å². The number of hydrogen-bond donors (Lipinski definition) is 1. The number of sulfonamides is 1. The Morgan fingerprint density at radius 1 is 1.32 bits per heavy atom. The highest BCUT2D eigenvalue weighted by Crippen LogP contribution is 2.23. The molecule has 0 spiro atoms. The van der Waals surface area contributed by atoms with E-state index in [2.05, 4.69) is 4.74 Å². The molecule has 0 amide bonds. The average Bonchev–Trinajstić information content (AvgIpc) is 2.45. The largest absolute Gasteiger partial charge is 0.465 e. The lowest BCUT2D eigenvalue weighted by molar-refractivity contribution is 0.0596. The zero-order chi connectivity index (χ0) is 16.3. The van der Waals surface area contributed by atoms with Crippen LogP contribution in [0.5, 0.6) is 0 Å². The van der Waals surface area contributed by atoms with Gasteiger partial charge in [0, 0.05) is 13.6 Å². The van der Waals surface area contributed by atoms with Gasteiger partial charge in [-0.2, -0.15) is 0 Å². The minimum atomic E-state index is -3.79. The number of hydrogen-bond acceptors (Lipinski definition) is 5. The van der Waals surface area contributed by atoms with Gasteiger partial charge in [-0.25, -0.2) is 17.5 Å². The number of nitrogens with two attached hydrogens (primary N) is 1. The minimum Gasteiger partial charge on any atom is -0.465 e. The van der Waals surface area contributed by atoms with Crippen LogP contribution in [-0.4, -0.2) is 45.9 Å². The number of ether oxygens (including phenoxy) is 1. The van der Waals surface area contributed by atoms with E-state index in [-0.39, 0.29) is 34.8 Å². The van der Waals surface area contributed by atoms with Crippen LogP contribution in [0.25, 0.3) is 0 Å². The van der Waals surface area contributed by atoms with Crippen molar-refractivity contribution in [3.05, 3.63) is 29.8 Å². The first-order chi connectivity index (χ1) is 9.65. The highest BCUT2D eigenvalue weighted by atomic mass is 35.5. The first kappa shape index (κ1) is 20.9. The monoisotopic (exact) mass is 350 g/mol. The summed E-state index contributed by atoms with van der Waals surface area (Å²) in [4.78, 5) is 11.7. The summed E-state index contributed by atoms with van der Waals surface area (Å²) in [6, 6.07) is 5.99. The van der Waals surface area contributed by atoms with Gasteiger partial charge in [0.05, 0.1) is 17.6 Å². The normalized spacial score (nSPS) is 11.9. The van der Waals surface area contributed by atoms with Crippen molar-refractivity contribution in [3.63, 3.8) is 0 Å². The fourth-order valence-corrected chi connectivity index (χ4v) is 3.43. The molecule has 6 nitrogen and oxygen atoms in total. The quantitative estimate of drug-likeness (QED) is 0.785. The third kappa shape index (κ3) is 4.67. The number of nitrogens with zero attached hydrogens (tertiary/aromatic N) is 1. The number of methoxy groups -OCH3 is 1. The van der Waals surface area contributed by atoms with Crippen LogP contribution < -0.4 is 5.73 Å². The minimum absolute atomic E-state index is 0. The van der Waals surface area contributed by atoms with Gasteiger partial charge in [0.15, 0.2) is 0 Å². The molecule has 1 aromatic carbocycles. The standard InChI is InChI=1S/C14H22N2O4S.ClH/c1-14(2,9-15)10-16(3)21(18,19)12-8-6-5-7-11(12)13(17)20-4;/h5-8H,9-10,15H2,1-4H3;1H. The van der Waals surface area contributed by atoms with Crippen LogP contribution in [0.3, 0.4) is 0 Å². The van der Waals surface area contributed by atoms with E-state index in [1.807, 2.05) is 13.8 Å². The number of halogens is 1. The number of esters is 1. The lowest BCUT2D eigenvalue weighted by Gasteiger charge is -2.28. The van der Waals surface area contributed by atoms with Crippen LogP contribution in [-0.2, 0) is 14.8 Å². The third-order valence-corrected chi connectivity index (χ3v) is 5.05. The molecule has 0 unspecified atom stereocenters. The smallest absolute Gasteiger partial charge is 0.339 e. The maximum Gasteiger partial charge on any atom is 0.339 e. The summed E-state index contributed by atoms with van der Waals surface area (Å²) in [5, 5.41) is 0. The average molecular weight is 351 g/mol. The zero-order valence-electron chi connectivity index (χ0n) is 13.2. The van der Waals surface area contributed by atoms with E-state index in [0.717, 1.165) is 0 Å². The van der Waals surface area contributed by atoms with E-state index in [0.29, 0.717) is 6.54 Å². The highest BCUT2D eigenvalue weighted by Gasteiger charge is 2.30. The number of carbonyl (C=O) groups excluding carboxylic acids is 1. The van der Waals surface area contributed by atoms with Crippen LogP contribution in [0.4, 0.5) is 0 Å². The Balaban J connectivity index is 0.00000441. The van der Waals surface area contributed by atoms with Gasteiger partial charge < -0.3 is 10.5 Å². The fourth-order valence-electron chi connectivity index (χ4n) is 1.89. The fraction of sp³-hybridized carbons (Fsp3) is 0.500. The molecule has 1 aromatic rings. The van der Waals surface area contributed by atoms with E-state index in [1.54, 1.807) is 12.1 Å². The molecule has 0 aliphatic rings. The summed E-state index contributed by atoms with van der Waals surface area (Å²) >= 11 is 0. The summed E-state index contributed by atoms with van der Waals surface area (Å²) in [5.74, 6) is -0.680. The molecule has 0 aliphatic heterocycles. The van der Waals surface area contributed by atoms with Crippen molar-refractivity contribution in [1.29, 1.82) is 0 Å². The first-order valence-electron chi connectivity index (χ1n) is 6.49. The highest BCUT2D eigenvalue weighted by molar-refractivity contribution is 7.89. The lowest BCUT2D eigenvalue weighted by Crippen LogP contribution is -2.40. The molecule has 22 heavy (non-hydrogen) atoms. The van der Waals surface area contributed by atoms with E-state index < -0.39 is 16.0 Å². The lowest BCUT2D eigenvalue weighted by atomic mass is 9.94. The molecule has 0 saturated carbocycles. The number of carbonyl (C=O) groups is 1. The summed E-state index contributed by atoms with van der Waals surface area (Å²) < 4.78 is 31.1. The predicted molar refractivity (Wildman–Crippen MR) is 87.7 cm³/mol. The Hall–Kier alpha value is -1.15. The molecule has 0 heterocycles. The first-order valence-corrected chi connectivity index (χ1v) is 7.93. The van der Waals surface area contributed by atoms with Gasteiger partial charge in [-0.05, 0) is 24.1 Å². The van der Waals surface area contributed by atoms with Crippen molar-refractivity contribution < 1.29 is 17.9 Å². The van der Waals surface area contributed by atoms with Crippen molar-refractivity contribution in [2.45, 2.75) is 18.7 Å². The molecule has 126 valence electrons. The maximum absolute atomic E-state index is 12.6. The molecule has 0 aromatic heterocycles. The molecule has 1 rings (SSSR count). The Kier molecular flexibility index (Phi) is 7.50. The van der Waals surface area contributed by atoms with Crippen LogP contribution in [0.2, 0.25) is 0 Å². The molecule has 0 radical (unpaired) electrons. The maximum atomic E-state index is 12.6. The molecular weight excluding hydrogens is 328 g/mol. The molecular formula is C14H23ClN2O4S. The van der Waals surface area contributed by atoms with Gasteiger partial charge in [0.1, 0.15) is 0 Å². The van der Waals surface area contributed by atoms with Gasteiger partial charge in [0.25, 0.3) is 0 Å². The van der Waals surface area contributed by atoms with E-state index >= 15 is 0 Å². The van der Waals surface area contributed by atoms with Crippen LogP contribution >= 0.6 is 12.4 Å². The van der Waals surface area contributed by atoms with Gasteiger partial charge in [-0.15, -0.1) is 12.4 Å². The molecule has 8 heteroatoms. The topological polar surface area (TPSA) is 89.7 Å². The Labute approximate surface area is 138 Å². The van der Waals surface area contributed by atoms with Crippen molar-refractivity contribution in [2.75, 3.05) is 27.2 Å². The van der Waals surface area contributed by atoms with Crippen molar-refractivity contribution in [1.82, 2.24) is 4.31 Å². The zero-order valence-corrected chi connectivity index (χ0v) is 14.8. The van der Waals surface area contributed by atoms with Gasteiger partial charge >= 0.3 is 5.97 Å². The van der Waals surface area contributed by atoms with Crippen molar-refractivity contribution in [3.8, 4) is 0 Å². The Morgan fingerprint density at radius 3 is 2.36 bits per heavy atom. The second kappa shape index (κ2) is 7.92. The van der Waals surface area contributed by atoms with Crippen LogP contribution in [0, 0.1) is 5.41 Å².